The van der Waals surface area contributed by atoms with Crippen molar-refractivity contribution in [3.8, 4) is 0 Å². The van der Waals surface area contributed by atoms with Gasteiger partial charge in [-0.1, -0.05) is 0 Å². The van der Waals surface area contributed by atoms with Crippen molar-refractivity contribution in [1.82, 2.24) is 0 Å². The number of carbonyl (C=O) groups is 2. The van der Waals surface area contributed by atoms with Gasteiger partial charge >= 0.3 is 72.7 Å². The van der Waals surface area contributed by atoms with Gasteiger partial charge in [-0.15, -0.1) is 0 Å². The molecule has 8 N–H and O–H groups in total. The third-order valence-corrected chi connectivity index (χ3v) is 1.87. The predicted octanol–water partition coefficient (Wildman–Crippen LogP) is -4.80. The first-order valence-corrected chi connectivity index (χ1v) is 5.03. The normalized spacial score (nSPS) is 16.5. The summed E-state index contributed by atoms with van der Waals surface area (Å²) in [5, 5.41) is 67.6. The Balaban J connectivity index is -0.000000156. The Hall–Kier alpha value is 0.726. The van der Waals surface area contributed by atoms with Gasteiger partial charge in [-0.05, 0) is 6.92 Å². The van der Waals surface area contributed by atoms with E-state index in [1.807, 2.05) is 0 Å². The molecule has 1 unspecified atom stereocenters. The molecule has 0 aliphatic heterocycles. The van der Waals surface area contributed by atoms with E-state index in [0.29, 0.717) is 0 Å². The topological polar surface area (TPSA) is 196 Å². The molecule has 0 aliphatic carbocycles. The standard InChI is InChI=1S/C6H12O7.C3H6O3.Ca.Mg/c7-1-2(8)3(9)4(10)5(11)6(12)13;1-2(4)3(5)6;;/h2-5,7-11H,1H2,(H,12,13);2,4H,1H3,(H,5,6);;/q;;2*+2/t2-,3+,4+,5+;;;/m0.../s1. The zero-order valence-electron chi connectivity index (χ0n) is 11.4. The maximum absolute atomic E-state index is 10.1. The number of carboxylic acids is 2. The Morgan fingerprint density at radius 1 is 0.905 bits per heavy atom. The van der Waals surface area contributed by atoms with Crippen molar-refractivity contribution >= 4 is 72.7 Å². The largest absolute Gasteiger partial charge is 2.00 e. The quantitative estimate of drug-likeness (QED) is 0.215. The van der Waals surface area contributed by atoms with Gasteiger partial charge in [-0.25, -0.2) is 9.59 Å². The van der Waals surface area contributed by atoms with Crippen LogP contribution in [0.5, 0.6) is 0 Å². The van der Waals surface area contributed by atoms with Crippen LogP contribution in [0.15, 0.2) is 0 Å². The van der Waals surface area contributed by atoms with Crippen molar-refractivity contribution in [3.63, 3.8) is 0 Å². The second-order valence-corrected chi connectivity index (χ2v) is 3.53. The van der Waals surface area contributed by atoms with Crippen LogP contribution in [-0.4, -0.2) is 151 Å². The van der Waals surface area contributed by atoms with Crippen molar-refractivity contribution in [2.45, 2.75) is 37.4 Å². The van der Waals surface area contributed by atoms with Gasteiger partial charge in [0.25, 0.3) is 0 Å². The molecule has 0 aliphatic rings. The number of aliphatic hydroxyl groups is 6. The van der Waals surface area contributed by atoms with Crippen molar-refractivity contribution in [2.75, 3.05) is 6.61 Å². The summed E-state index contributed by atoms with van der Waals surface area (Å²) in [7, 11) is 0. The van der Waals surface area contributed by atoms with E-state index in [1.54, 1.807) is 0 Å². The summed E-state index contributed by atoms with van der Waals surface area (Å²) in [6.07, 6.45) is -9.07. The van der Waals surface area contributed by atoms with Gasteiger partial charge < -0.3 is 40.9 Å². The molecule has 0 aromatic rings. The zero-order chi connectivity index (χ0) is 15.7. The number of rotatable bonds is 6. The number of carboxylic acid groups (broad SMARTS) is 2. The molecule has 0 aromatic carbocycles. The van der Waals surface area contributed by atoms with Crippen molar-refractivity contribution in [2.24, 2.45) is 0 Å². The second kappa shape index (κ2) is 15.6. The average Bonchev–Trinajstić information content (AvgIpc) is 2.35. The molecule has 0 saturated heterocycles. The van der Waals surface area contributed by atoms with Gasteiger partial charge in [0, 0.05) is 0 Å². The molecule has 21 heavy (non-hydrogen) atoms. The van der Waals surface area contributed by atoms with Gasteiger partial charge in [0.15, 0.2) is 6.10 Å². The molecule has 12 heteroatoms. The molecule has 114 valence electrons. The summed E-state index contributed by atoms with van der Waals surface area (Å²) in [5.74, 6) is -2.91. The van der Waals surface area contributed by atoms with E-state index in [1.165, 1.54) is 6.92 Å². The van der Waals surface area contributed by atoms with Crippen molar-refractivity contribution in [3.05, 3.63) is 0 Å². The Bertz CT molecular complexity index is 290. The summed E-state index contributed by atoms with van der Waals surface area (Å²) in [6.45, 7) is 0.354. The SMILES string of the molecule is CC(O)C(=O)O.O=C(O)[C@H](O)[C@H](O)[C@H](O)[C@@H](O)CO.[Ca+2].[Mg+2]. The van der Waals surface area contributed by atoms with Crippen molar-refractivity contribution in [1.29, 1.82) is 0 Å². The molecule has 5 atom stereocenters. The summed E-state index contributed by atoms with van der Waals surface area (Å²) >= 11 is 0. The molecule has 0 amide bonds. The van der Waals surface area contributed by atoms with Crippen LogP contribution >= 0.6 is 0 Å². The molecule has 0 saturated carbocycles. The molecule has 0 aromatic heterocycles. The van der Waals surface area contributed by atoms with Crippen LogP contribution in [0.1, 0.15) is 6.92 Å². The summed E-state index contributed by atoms with van der Waals surface area (Å²) in [5.41, 5.74) is 0. The van der Waals surface area contributed by atoms with E-state index in [-0.39, 0.29) is 60.8 Å². The summed E-state index contributed by atoms with van der Waals surface area (Å²) < 4.78 is 0. The molecule has 0 rings (SSSR count). The molecule has 10 nitrogen and oxygen atoms in total. The van der Waals surface area contributed by atoms with Crippen LogP contribution in [0.2, 0.25) is 0 Å². The van der Waals surface area contributed by atoms with Crippen molar-refractivity contribution < 1.29 is 50.4 Å². The van der Waals surface area contributed by atoms with Gasteiger partial charge in [0.2, 0.25) is 0 Å². The first-order chi connectivity index (χ1) is 8.56. The van der Waals surface area contributed by atoms with Crippen LogP contribution in [0.3, 0.4) is 0 Å². The molecule has 0 spiro atoms. The van der Waals surface area contributed by atoms with Gasteiger partial charge in [-0.2, -0.15) is 0 Å². The first-order valence-electron chi connectivity index (χ1n) is 5.03. The van der Waals surface area contributed by atoms with Crippen LogP contribution < -0.4 is 0 Å². The van der Waals surface area contributed by atoms with Gasteiger partial charge in [0.05, 0.1) is 6.61 Å². The maximum Gasteiger partial charge on any atom is 2.00 e. The van der Waals surface area contributed by atoms with Crippen LogP contribution in [0, 0.1) is 0 Å². The first kappa shape index (κ1) is 29.7. The molecule has 0 heterocycles. The number of hydrogen-bond donors (Lipinski definition) is 8. The maximum atomic E-state index is 10.1. The minimum atomic E-state index is -2.20. The Kier molecular flexibility index (Phi) is 22.1. The van der Waals surface area contributed by atoms with E-state index in [0.717, 1.165) is 0 Å². The fourth-order valence-electron chi connectivity index (χ4n) is 0.668. The number of hydrogen-bond acceptors (Lipinski definition) is 8. The Labute approximate surface area is 166 Å². The van der Waals surface area contributed by atoms with E-state index in [4.69, 9.17) is 40.9 Å². The molecular formula is C9H18CaMgO10+4. The molecule has 0 fully saturated rings. The minimum absolute atomic E-state index is 0. The fourth-order valence-corrected chi connectivity index (χ4v) is 0.668. The number of aliphatic carboxylic acids is 2. The average molecular weight is 351 g/mol. The third-order valence-electron chi connectivity index (χ3n) is 1.87. The van der Waals surface area contributed by atoms with E-state index in [9.17, 15) is 9.59 Å². The molecule has 0 bridgehead atoms. The van der Waals surface area contributed by atoms with E-state index in [2.05, 4.69) is 0 Å². The third kappa shape index (κ3) is 14.1. The summed E-state index contributed by atoms with van der Waals surface area (Å²) in [6, 6.07) is 0. The Morgan fingerprint density at radius 3 is 1.43 bits per heavy atom. The van der Waals surface area contributed by atoms with Crippen LogP contribution in [-0.2, 0) is 9.59 Å². The smallest absolute Gasteiger partial charge is 0.479 e. The molecular weight excluding hydrogens is 332 g/mol. The molecule has 0 radical (unpaired) electrons. The van der Waals surface area contributed by atoms with Gasteiger partial charge in [-0.3, -0.25) is 0 Å². The number of aliphatic hydroxyl groups excluding tert-OH is 6. The monoisotopic (exact) mass is 350 g/mol. The summed E-state index contributed by atoms with van der Waals surface area (Å²) in [4.78, 5) is 19.5. The second-order valence-electron chi connectivity index (χ2n) is 3.53. The zero-order valence-corrected chi connectivity index (χ0v) is 15.0. The van der Waals surface area contributed by atoms with Crippen LogP contribution in [0.4, 0.5) is 0 Å². The fraction of sp³-hybridized carbons (Fsp3) is 0.778. The van der Waals surface area contributed by atoms with Crippen LogP contribution in [0.25, 0.3) is 0 Å². The predicted molar refractivity (Wildman–Crippen MR) is 69.6 cm³/mol. The van der Waals surface area contributed by atoms with Gasteiger partial charge in [0.1, 0.15) is 24.4 Å². The minimum Gasteiger partial charge on any atom is -0.479 e. The van der Waals surface area contributed by atoms with E-state index >= 15 is 0 Å². The Morgan fingerprint density at radius 2 is 1.24 bits per heavy atom. The van der Waals surface area contributed by atoms with E-state index < -0.39 is 49.1 Å².